The van der Waals surface area contributed by atoms with E-state index in [1.807, 2.05) is 10.1 Å². The van der Waals surface area contributed by atoms with Gasteiger partial charge in [-0.05, 0) is 19.3 Å². The number of aromatic nitrogens is 4. The lowest BCUT2D eigenvalue weighted by molar-refractivity contribution is -0.126. The molecule has 0 bridgehead atoms. The van der Waals surface area contributed by atoms with Crippen molar-refractivity contribution in [3.05, 3.63) is 23.2 Å². The Kier molecular flexibility index (Phi) is 3.99. The maximum Gasteiger partial charge on any atom is 0.225 e. The van der Waals surface area contributed by atoms with Gasteiger partial charge in [0.05, 0.1) is 24.7 Å². The fourth-order valence-corrected chi connectivity index (χ4v) is 4.08. The van der Waals surface area contributed by atoms with Crippen molar-refractivity contribution in [3.8, 4) is 0 Å². The SMILES string of the molecule is O=C(NCc1csc(N2CCCC2)n1)C1CCc2ncnn2C1. The minimum Gasteiger partial charge on any atom is -0.350 e. The molecule has 1 atom stereocenters. The monoisotopic (exact) mass is 332 g/mol. The molecule has 1 amide bonds. The maximum atomic E-state index is 12.4. The van der Waals surface area contributed by atoms with Gasteiger partial charge in [-0.15, -0.1) is 11.3 Å². The standard InChI is InChI=1S/C15H20N6OS/c22-14(11-3-4-13-17-10-18-21(13)8-11)16-7-12-9-23-15(19-12)20-5-1-2-6-20/h9-11H,1-8H2,(H,16,22). The van der Waals surface area contributed by atoms with Crippen LogP contribution in [0.25, 0.3) is 0 Å². The second-order valence-corrected chi connectivity index (χ2v) is 6.96. The summed E-state index contributed by atoms with van der Waals surface area (Å²) < 4.78 is 1.84. The van der Waals surface area contributed by atoms with E-state index < -0.39 is 0 Å². The number of thiazole rings is 1. The lowest BCUT2D eigenvalue weighted by Crippen LogP contribution is -2.36. The maximum absolute atomic E-state index is 12.4. The molecule has 2 aromatic heterocycles. The van der Waals surface area contributed by atoms with Crippen molar-refractivity contribution in [2.75, 3.05) is 18.0 Å². The largest absolute Gasteiger partial charge is 0.350 e. The van der Waals surface area contributed by atoms with Crippen molar-refractivity contribution >= 4 is 22.4 Å². The zero-order valence-corrected chi connectivity index (χ0v) is 13.8. The van der Waals surface area contributed by atoms with E-state index in [1.54, 1.807) is 17.7 Å². The summed E-state index contributed by atoms with van der Waals surface area (Å²) in [5.41, 5.74) is 0.947. The third-order valence-corrected chi connectivity index (χ3v) is 5.49. The van der Waals surface area contributed by atoms with E-state index in [1.165, 1.54) is 12.8 Å². The Morgan fingerprint density at radius 2 is 2.26 bits per heavy atom. The van der Waals surface area contributed by atoms with Crippen LogP contribution >= 0.6 is 11.3 Å². The van der Waals surface area contributed by atoms with Crippen LogP contribution in [0.1, 0.15) is 30.8 Å². The highest BCUT2D eigenvalue weighted by molar-refractivity contribution is 7.13. The number of nitrogens with zero attached hydrogens (tertiary/aromatic N) is 5. The molecule has 23 heavy (non-hydrogen) atoms. The number of carbonyl (C=O) groups excluding carboxylic acids is 1. The lowest BCUT2D eigenvalue weighted by atomic mass is 9.99. The van der Waals surface area contributed by atoms with Crippen molar-refractivity contribution in [2.24, 2.45) is 5.92 Å². The van der Waals surface area contributed by atoms with E-state index in [-0.39, 0.29) is 11.8 Å². The van der Waals surface area contributed by atoms with Gasteiger partial charge in [-0.3, -0.25) is 4.79 Å². The Labute approximate surface area is 138 Å². The average Bonchev–Trinajstić information content (AvgIpc) is 3.32. The zero-order chi connectivity index (χ0) is 15.6. The molecule has 0 aromatic carbocycles. The Balaban J connectivity index is 1.31. The zero-order valence-electron chi connectivity index (χ0n) is 12.9. The van der Waals surface area contributed by atoms with Crippen LogP contribution in [0.3, 0.4) is 0 Å². The minimum absolute atomic E-state index is 0.0270. The van der Waals surface area contributed by atoms with Gasteiger partial charge in [0.1, 0.15) is 12.2 Å². The van der Waals surface area contributed by atoms with Gasteiger partial charge in [-0.2, -0.15) is 5.10 Å². The van der Waals surface area contributed by atoms with Gasteiger partial charge in [0, 0.05) is 24.9 Å². The predicted octanol–water partition coefficient (Wildman–Crippen LogP) is 1.21. The van der Waals surface area contributed by atoms with E-state index in [2.05, 4.69) is 25.3 Å². The summed E-state index contributed by atoms with van der Waals surface area (Å²) in [7, 11) is 0. The first-order valence-corrected chi connectivity index (χ1v) is 9.01. The molecule has 1 fully saturated rings. The van der Waals surface area contributed by atoms with Gasteiger partial charge in [0.25, 0.3) is 0 Å². The molecule has 2 aliphatic heterocycles. The van der Waals surface area contributed by atoms with Crippen molar-refractivity contribution in [2.45, 2.75) is 38.8 Å². The summed E-state index contributed by atoms with van der Waals surface area (Å²) in [5.74, 6) is 1.03. The fraction of sp³-hybridized carbons (Fsp3) is 0.600. The molecular weight excluding hydrogens is 312 g/mol. The third kappa shape index (κ3) is 3.08. The van der Waals surface area contributed by atoms with Gasteiger partial charge < -0.3 is 10.2 Å². The first-order valence-electron chi connectivity index (χ1n) is 8.13. The summed E-state index contributed by atoms with van der Waals surface area (Å²) in [6, 6.07) is 0. The highest BCUT2D eigenvalue weighted by atomic mass is 32.1. The Hall–Kier alpha value is -1.96. The summed E-state index contributed by atoms with van der Waals surface area (Å²) in [6.07, 6.45) is 5.70. The van der Waals surface area contributed by atoms with Crippen LogP contribution in [0.2, 0.25) is 0 Å². The molecule has 7 nitrogen and oxygen atoms in total. The van der Waals surface area contributed by atoms with Gasteiger partial charge in [0.15, 0.2) is 5.13 Å². The first-order chi connectivity index (χ1) is 11.3. The smallest absolute Gasteiger partial charge is 0.225 e. The number of hydrogen-bond acceptors (Lipinski definition) is 6. The summed E-state index contributed by atoms with van der Waals surface area (Å²) in [4.78, 5) is 23.5. The number of fused-ring (bicyclic) bond motifs is 1. The first kappa shape index (κ1) is 14.6. The number of hydrogen-bond donors (Lipinski definition) is 1. The van der Waals surface area contributed by atoms with E-state index in [9.17, 15) is 4.79 Å². The molecule has 0 radical (unpaired) electrons. The molecule has 8 heteroatoms. The number of aryl methyl sites for hydroxylation is 1. The normalized spacial score (nSPS) is 20.5. The predicted molar refractivity (Wildman–Crippen MR) is 87.2 cm³/mol. The minimum atomic E-state index is -0.0270. The van der Waals surface area contributed by atoms with Gasteiger partial charge in [-0.25, -0.2) is 14.6 Å². The fourth-order valence-electron chi connectivity index (χ4n) is 3.20. The summed E-state index contributed by atoms with van der Waals surface area (Å²) >= 11 is 1.67. The van der Waals surface area contributed by atoms with Crippen LogP contribution < -0.4 is 10.2 Å². The van der Waals surface area contributed by atoms with E-state index in [4.69, 9.17) is 0 Å². The van der Waals surface area contributed by atoms with Gasteiger partial charge >= 0.3 is 0 Å². The Bertz CT molecular complexity index is 690. The quantitative estimate of drug-likeness (QED) is 0.911. The Morgan fingerprint density at radius 1 is 1.39 bits per heavy atom. The third-order valence-electron chi connectivity index (χ3n) is 4.54. The van der Waals surface area contributed by atoms with Crippen LogP contribution in [0.4, 0.5) is 5.13 Å². The summed E-state index contributed by atoms with van der Waals surface area (Å²) in [5, 5.41) is 10.3. The molecular formula is C15H20N6OS. The van der Waals surface area contributed by atoms with Crippen molar-refractivity contribution < 1.29 is 4.79 Å². The van der Waals surface area contributed by atoms with Crippen LogP contribution in [0.15, 0.2) is 11.7 Å². The molecule has 0 aliphatic carbocycles. The molecule has 0 spiro atoms. The number of amides is 1. The van der Waals surface area contributed by atoms with Crippen LogP contribution in [0, 0.1) is 5.92 Å². The van der Waals surface area contributed by atoms with E-state index in [0.717, 1.165) is 42.6 Å². The number of rotatable bonds is 4. The topological polar surface area (TPSA) is 75.9 Å². The molecule has 1 N–H and O–H groups in total. The highest BCUT2D eigenvalue weighted by Gasteiger charge is 2.25. The average molecular weight is 332 g/mol. The number of nitrogens with one attached hydrogen (secondary N) is 1. The van der Waals surface area contributed by atoms with Crippen LogP contribution in [-0.4, -0.2) is 38.7 Å². The van der Waals surface area contributed by atoms with E-state index in [0.29, 0.717) is 13.1 Å². The Morgan fingerprint density at radius 3 is 3.13 bits per heavy atom. The lowest BCUT2D eigenvalue weighted by Gasteiger charge is -2.21. The molecule has 1 unspecified atom stereocenters. The van der Waals surface area contributed by atoms with Crippen molar-refractivity contribution in [3.63, 3.8) is 0 Å². The highest BCUT2D eigenvalue weighted by Crippen LogP contribution is 2.24. The molecule has 4 heterocycles. The van der Waals surface area contributed by atoms with Crippen molar-refractivity contribution in [1.29, 1.82) is 0 Å². The molecule has 122 valence electrons. The second kappa shape index (κ2) is 6.27. The number of anilines is 1. The van der Waals surface area contributed by atoms with Gasteiger partial charge in [0.2, 0.25) is 5.91 Å². The summed E-state index contributed by atoms with van der Waals surface area (Å²) in [6.45, 7) is 3.32. The van der Waals surface area contributed by atoms with Crippen LogP contribution in [-0.2, 0) is 24.3 Å². The second-order valence-electron chi connectivity index (χ2n) is 6.13. The molecule has 2 aliphatic rings. The molecule has 2 aromatic rings. The number of carbonyl (C=O) groups is 1. The van der Waals surface area contributed by atoms with E-state index >= 15 is 0 Å². The molecule has 0 saturated carbocycles. The van der Waals surface area contributed by atoms with Crippen LogP contribution in [0.5, 0.6) is 0 Å². The molecule has 1 saturated heterocycles. The van der Waals surface area contributed by atoms with Gasteiger partial charge in [-0.1, -0.05) is 0 Å². The molecule has 4 rings (SSSR count). The van der Waals surface area contributed by atoms with Crippen molar-refractivity contribution in [1.82, 2.24) is 25.1 Å².